The van der Waals surface area contributed by atoms with Gasteiger partial charge in [-0.25, -0.2) is 0 Å². The first-order valence-electron chi connectivity index (χ1n) is 47.7. The highest BCUT2D eigenvalue weighted by Gasteiger charge is 2.50. The molecule has 0 nitrogen and oxygen atoms in total. The minimum Gasteiger partial charge on any atom is -0.135 e. The summed E-state index contributed by atoms with van der Waals surface area (Å²) < 4.78 is 7.99. The third-order valence-corrected chi connectivity index (χ3v) is 33.1. The van der Waals surface area contributed by atoms with Crippen molar-refractivity contribution < 1.29 is 0 Å². The zero-order valence-electron chi connectivity index (χ0n) is 75.5. The molecular formula is C135H88S3. The van der Waals surface area contributed by atoms with Gasteiger partial charge in [0, 0.05) is 66.1 Å². The Hall–Kier alpha value is -16.5. The van der Waals surface area contributed by atoms with Gasteiger partial charge in [-0.3, -0.25) is 0 Å². The summed E-state index contributed by atoms with van der Waals surface area (Å²) in [4.78, 5) is 0. The lowest BCUT2D eigenvalue weighted by Crippen LogP contribution is -2.29. The molecule has 0 bridgehead atoms. The highest BCUT2D eigenvalue weighted by Crippen LogP contribution is 2.62. The molecule has 0 unspecified atom stereocenters. The number of rotatable bonds is 13. The first kappa shape index (κ1) is 82.2. The molecule has 646 valence electrons. The Morgan fingerprint density at radius 3 is 0.775 bits per heavy atom. The smallest absolute Gasteiger partial charge is 0.0719 e. The van der Waals surface area contributed by atoms with E-state index >= 15 is 0 Å². The van der Waals surface area contributed by atoms with Crippen molar-refractivity contribution in [3.63, 3.8) is 0 Å². The molecule has 0 N–H and O–H groups in total. The maximum absolute atomic E-state index is 2.45. The standard InChI is InChI=1S/C49H32S.2C43H28S/c1-4-14-33(15-5-1)36-26-29-47-43(30-36)44-32-37(34-16-6-2-7-17-34)31-42(48(44)50-47)35-24-27-39(28-25-35)49(38-18-8-3-9-19-38)45-22-12-10-20-40(45)41-21-11-13-23-46(41)49;1-3-15-29(16-4-1)31-22-13-24-36-37-25-14-23-35(42(37)44-41(31)36)34-21-9-12-28-40(34)43(30-17-5-2-6-18-30)38-26-10-7-19-32(38)33-20-8-11-27-39(33)43;1-3-14-29(15-4-1)33-22-12-24-37-38-25-13-23-34(42(38)44-41(33)37)30-16-11-19-32(28-30)43(31-17-5-2-6-18-31)39-26-9-7-20-35(39)36-21-8-10-27-40(36)43/h1-32H;2*1-28H. The normalized spacial score (nSPS) is 13.1. The summed E-state index contributed by atoms with van der Waals surface area (Å²) in [6, 6.07) is 197. The second kappa shape index (κ2) is 34.1. The SMILES string of the molecule is c1ccc(-c2ccc3sc4c(-c5ccc(C6(c7ccccc7)c7ccccc7-c7ccccc76)cc5)cc(-c5ccccc5)cc4c3c2)cc1.c1ccc(-c2cccc3c2sc2c(-c4cccc(C5(c6ccccc6)c6ccccc6-c6ccccc65)c4)cccc23)cc1.c1ccc(-c2cccc3c2sc2c(-c4ccccc4C4(c5ccccc5)c5ccccc5-c5ccccc54)cccc23)cc1. The van der Waals surface area contributed by atoms with Crippen LogP contribution in [-0.2, 0) is 16.2 Å². The van der Waals surface area contributed by atoms with E-state index in [0.717, 1.165) is 0 Å². The third kappa shape index (κ3) is 13.1. The van der Waals surface area contributed by atoms with E-state index in [1.54, 1.807) is 0 Å². The first-order chi connectivity index (χ1) is 68.5. The fourth-order valence-corrected chi connectivity index (χ4v) is 27.4. The van der Waals surface area contributed by atoms with Gasteiger partial charge in [0.05, 0.1) is 16.2 Å². The number of hydrogen-bond acceptors (Lipinski definition) is 3. The van der Waals surface area contributed by atoms with Crippen molar-refractivity contribution >= 4 is 94.5 Å². The van der Waals surface area contributed by atoms with E-state index in [1.807, 2.05) is 34.0 Å². The molecule has 3 aliphatic rings. The average Bonchev–Trinajstić information content (AvgIpc) is 1.55. The molecule has 28 rings (SSSR count). The predicted molar refractivity (Wildman–Crippen MR) is 588 cm³/mol. The third-order valence-electron chi connectivity index (χ3n) is 29.3. The molecule has 22 aromatic carbocycles. The summed E-state index contributed by atoms with van der Waals surface area (Å²) in [6.45, 7) is 0. The fraction of sp³-hybridized carbons (Fsp3) is 0.0222. The Bertz CT molecular complexity index is 8840. The molecule has 3 aromatic heterocycles. The highest BCUT2D eigenvalue weighted by molar-refractivity contribution is 7.27. The first-order valence-corrected chi connectivity index (χ1v) is 50.1. The predicted octanol–water partition coefficient (Wildman–Crippen LogP) is 36.9. The number of thiophene rings is 3. The number of fused-ring (bicyclic) bond motifs is 18. The van der Waals surface area contributed by atoms with Gasteiger partial charge in [0.15, 0.2) is 0 Å². The van der Waals surface area contributed by atoms with Crippen LogP contribution in [0.3, 0.4) is 0 Å². The summed E-state index contributed by atoms with van der Waals surface area (Å²) in [6.07, 6.45) is 0. The largest absolute Gasteiger partial charge is 0.135 e. The van der Waals surface area contributed by atoms with Crippen LogP contribution in [0.5, 0.6) is 0 Å². The maximum Gasteiger partial charge on any atom is 0.0719 e. The van der Waals surface area contributed by atoms with Crippen LogP contribution >= 0.6 is 34.0 Å². The van der Waals surface area contributed by atoms with E-state index < -0.39 is 16.2 Å². The van der Waals surface area contributed by atoms with E-state index in [0.29, 0.717) is 0 Å². The zero-order chi connectivity index (χ0) is 91.3. The monoisotopic (exact) mass is 1800 g/mol. The Labute approximate surface area is 816 Å². The molecule has 138 heavy (non-hydrogen) atoms. The molecule has 0 fully saturated rings. The van der Waals surface area contributed by atoms with E-state index in [4.69, 9.17) is 0 Å². The minimum atomic E-state index is -0.445. The molecule has 25 aromatic rings. The Balaban J connectivity index is 0.000000107. The Morgan fingerprint density at radius 2 is 0.370 bits per heavy atom. The van der Waals surface area contributed by atoms with Gasteiger partial charge >= 0.3 is 0 Å². The lowest BCUT2D eigenvalue weighted by molar-refractivity contribution is 0.768. The van der Waals surface area contributed by atoms with E-state index in [-0.39, 0.29) is 0 Å². The molecule has 0 saturated heterocycles. The van der Waals surface area contributed by atoms with E-state index in [9.17, 15) is 0 Å². The lowest BCUT2D eigenvalue weighted by Gasteiger charge is -2.35. The number of hydrogen-bond donors (Lipinski definition) is 0. The van der Waals surface area contributed by atoms with Crippen molar-refractivity contribution in [1.29, 1.82) is 0 Å². The molecule has 0 amide bonds. The molecule has 0 aliphatic heterocycles. The van der Waals surface area contributed by atoms with Gasteiger partial charge in [0.2, 0.25) is 0 Å². The van der Waals surface area contributed by atoms with Crippen LogP contribution < -0.4 is 0 Å². The topological polar surface area (TPSA) is 0 Å². The molecule has 3 heteroatoms. The van der Waals surface area contributed by atoms with Crippen molar-refractivity contribution in [2.45, 2.75) is 16.2 Å². The average molecular weight is 1810 g/mol. The molecule has 0 spiro atoms. The molecule has 0 atom stereocenters. The molecule has 3 aliphatic carbocycles. The van der Waals surface area contributed by atoms with E-state index in [2.05, 4.69) is 534 Å². The second-order valence-corrected chi connectivity index (χ2v) is 39.5. The van der Waals surface area contributed by atoms with Crippen molar-refractivity contribution in [1.82, 2.24) is 0 Å². The second-order valence-electron chi connectivity index (χ2n) is 36.4. The van der Waals surface area contributed by atoms with Crippen LogP contribution in [0.2, 0.25) is 0 Å². The van der Waals surface area contributed by atoms with Crippen LogP contribution in [0.4, 0.5) is 0 Å². The van der Waals surface area contributed by atoms with Gasteiger partial charge in [-0.05, 0) is 203 Å². The molecule has 3 heterocycles. The van der Waals surface area contributed by atoms with Gasteiger partial charge in [0.1, 0.15) is 0 Å². The van der Waals surface area contributed by atoms with E-state index in [1.165, 1.54) is 239 Å². The van der Waals surface area contributed by atoms with Crippen LogP contribution in [0, 0.1) is 0 Å². The Morgan fingerprint density at radius 1 is 0.116 bits per heavy atom. The Kier molecular flexibility index (Phi) is 20.3. The maximum atomic E-state index is 2.45. The van der Waals surface area contributed by atoms with Crippen molar-refractivity contribution in [2.75, 3.05) is 0 Å². The van der Waals surface area contributed by atoms with Crippen LogP contribution in [0.1, 0.15) is 66.8 Å². The lowest BCUT2D eigenvalue weighted by atomic mass is 9.66. The summed E-state index contributed by atoms with van der Waals surface area (Å²) in [5, 5.41) is 7.90. The summed E-state index contributed by atoms with van der Waals surface area (Å²) in [7, 11) is 0. The van der Waals surface area contributed by atoms with Gasteiger partial charge in [-0.1, -0.05) is 504 Å². The van der Waals surface area contributed by atoms with Crippen molar-refractivity contribution in [2.24, 2.45) is 0 Å². The molecule has 0 radical (unpaired) electrons. The zero-order valence-corrected chi connectivity index (χ0v) is 78.0. The summed E-state index contributed by atoms with van der Waals surface area (Å²) in [5.41, 5.74) is 40.1. The fourth-order valence-electron chi connectivity index (χ4n) is 23.4. The molecular weight excluding hydrogens is 1720 g/mol. The molecule has 0 saturated carbocycles. The highest BCUT2D eigenvalue weighted by atomic mass is 32.1. The van der Waals surface area contributed by atoms with Crippen molar-refractivity contribution in [3.05, 3.63) is 601 Å². The van der Waals surface area contributed by atoms with Crippen LogP contribution in [-0.4, -0.2) is 0 Å². The van der Waals surface area contributed by atoms with Gasteiger partial charge in [-0.15, -0.1) is 34.0 Å². The minimum absolute atomic E-state index is 0.403. The summed E-state index contributed by atoms with van der Waals surface area (Å²) >= 11 is 5.74. The van der Waals surface area contributed by atoms with Gasteiger partial charge < -0.3 is 0 Å². The number of benzene rings is 22. The van der Waals surface area contributed by atoms with Crippen LogP contribution in [0.15, 0.2) is 534 Å². The van der Waals surface area contributed by atoms with Gasteiger partial charge in [0.25, 0.3) is 0 Å². The van der Waals surface area contributed by atoms with Gasteiger partial charge in [-0.2, -0.15) is 0 Å². The van der Waals surface area contributed by atoms with Crippen LogP contribution in [0.25, 0.3) is 172 Å². The quantitative estimate of drug-likeness (QED) is 0.108. The van der Waals surface area contributed by atoms with Crippen molar-refractivity contribution in [3.8, 4) is 111 Å². The summed E-state index contributed by atoms with van der Waals surface area (Å²) in [5.74, 6) is 0.